The molecule has 0 bridgehead atoms. The van der Waals surface area contributed by atoms with Crippen molar-refractivity contribution in [2.45, 2.75) is 250 Å². The third-order valence-electron chi connectivity index (χ3n) is 16.0. The average molecular weight is 1080 g/mol. The number of amides is 1. The average Bonchev–Trinajstić information content (AvgIpc) is 3.42. The second kappa shape index (κ2) is 40.8. The summed E-state index contributed by atoms with van der Waals surface area (Å²) in [6.45, 7) is 4.89. The zero-order valence-corrected chi connectivity index (χ0v) is 47.6. The van der Waals surface area contributed by atoms with Gasteiger partial charge in [0.1, 0.15) is 26.4 Å². The first-order chi connectivity index (χ1) is 36.6. The number of allylic oxidation sites excluding steroid dienone is 1. The second-order valence-corrected chi connectivity index (χ2v) is 23.5. The number of nitrogens with zero attached hydrogens (tertiary/aromatic N) is 1. The monoisotopic (exact) mass is 1070 g/mol. The summed E-state index contributed by atoms with van der Waals surface area (Å²) < 4.78 is 34.5. The van der Waals surface area contributed by atoms with E-state index in [9.17, 15) is 28.8 Å². The molecule has 1 N–H and O–H groups in total. The first-order valence-corrected chi connectivity index (χ1v) is 31.3. The summed E-state index contributed by atoms with van der Waals surface area (Å²) in [6.07, 6.45) is 33.9. The molecule has 0 heterocycles. The van der Waals surface area contributed by atoms with Crippen molar-refractivity contribution < 1.29 is 57.2 Å². The van der Waals surface area contributed by atoms with Crippen LogP contribution < -0.4 is 5.32 Å². The van der Waals surface area contributed by atoms with Gasteiger partial charge in [-0.3, -0.25) is 28.8 Å². The minimum atomic E-state index is -0.957. The number of carbonyl (C=O) groups excluding carboxylic acids is 6. The summed E-state index contributed by atoms with van der Waals surface area (Å²) in [7, 11) is 1.86. The van der Waals surface area contributed by atoms with Gasteiger partial charge in [0.05, 0.1) is 5.76 Å². The molecule has 1 unspecified atom stereocenters. The summed E-state index contributed by atoms with van der Waals surface area (Å²) in [5.41, 5.74) is 0. The fraction of sp³-hybridized carbons (Fsp3) is 0.867. The highest BCUT2D eigenvalue weighted by Crippen LogP contribution is 2.31. The van der Waals surface area contributed by atoms with Gasteiger partial charge in [0.2, 0.25) is 0 Å². The van der Waals surface area contributed by atoms with Crippen LogP contribution in [0.25, 0.3) is 0 Å². The van der Waals surface area contributed by atoms with E-state index in [1.54, 1.807) is 4.90 Å². The number of hydrogen-bond acceptors (Lipinski definition) is 14. The van der Waals surface area contributed by atoms with Crippen molar-refractivity contribution in [1.82, 2.24) is 10.2 Å². The predicted molar refractivity (Wildman–Crippen MR) is 296 cm³/mol. The molecule has 0 aromatic heterocycles. The van der Waals surface area contributed by atoms with Gasteiger partial charge >= 0.3 is 29.8 Å². The quantitative estimate of drug-likeness (QED) is 0.0267. The van der Waals surface area contributed by atoms with Crippen molar-refractivity contribution in [3.8, 4) is 0 Å². The van der Waals surface area contributed by atoms with Crippen molar-refractivity contribution in [2.75, 3.05) is 58.9 Å². The zero-order valence-electron chi connectivity index (χ0n) is 46.7. The van der Waals surface area contributed by atoms with Crippen LogP contribution in [-0.2, 0) is 52.4 Å². The molecule has 0 aliphatic heterocycles. The Labute approximate surface area is 457 Å². The van der Waals surface area contributed by atoms with Gasteiger partial charge in [0.25, 0.3) is 5.24 Å². The van der Waals surface area contributed by atoms with Crippen molar-refractivity contribution in [1.29, 1.82) is 0 Å². The predicted octanol–water partition coefficient (Wildman–Crippen LogP) is 13.3. The zero-order chi connectivity index (χ0) is 53.6. The molecule has 0 radical (unpaired) electrons. The van der Waals surface area contributed by atoms with Gasteiger partial charge in [-0.25, -0.2) is 0 Å². The molecule has 4 rings (SSSR count). The Morgan fingerprint density at radius 2 is 0.787 bits per heavy atom. The second-order valence-electron chi connectivity index (χ2n) is 22.5. The molecule has 0 saturated heterocycles. The van der Waals surface area contributed by atoms with E-state index >= 15 is 0 Å². The van der Waals surface area contributed by atoms with Crippen LogP contribution >= 0.6 is 11.8 Å². The molecule has 14 nitrogen and oxygen atoms in total. The van der Waals surface area contributed by atoms with Gasteiger partial charge in [-0.1, -0.05) is 153 Å². The summed E-state index contributed by atoms with van der Waals surface area (Å²) in [4.78, 5) is 80.3. The number of esters is 5. The Kier molecular flexibility index (Phi) is 34.9. The molecule has 4 fully saturated rings. The van der Waals surface area contributed by atoms with Gasteiger partial charge in [-0.2, -0.15) is 0 Å². The molecule has 1 amide bonds. The maximum Gasteiger partial charge on any atom is 0.306 e. The summed E-state index contributed by atoms with van der Waals surface area (Å²) in [5.74, 6) is 1.92. The highest BCUT2D eigenvalue weighted by molar-refractivity contribution is 8.13. The van der Waals surface area contributed by atoms with Gasteiger partial charge < -0.3 is 38.6 Å². The summed E-state index contributed by atoms with van der Waals surface area (Å²) in [6, 6.07) is 0. The highest BCUT2D eigenvalue weighted by Gasteiger charge is 2.24. The van der Waals surface area contributed by atoms with Crippen LogP contribution in [0.2, 0.25) is 0 Å². The molecule has 75 heavy (non-hydrogen) atoms. The first-order valence-electron chi connectivity index (χ1n) is 30.3. The van der Waals surface area contributed by atoms with Crippen molar-refractivity contribution >= 4 is 46.8 Å². The topological polar surface area (TPSA) is 173 Å². The number of hydrogen-bond donors (Lipinski definition) is 1. The molecule has 4 saturated carbocycles. The van der Waals surface area contributed by atoms with E-state index in [1.165, 1.54) is 140 Å². The first kappa shape index (κ1) is 64.2. The number of nitrogens with one attached hydrogen (secondary N) is 1. The lowest BCUT2D eigenvalue weighted by Gasteiger charge is -2.23. The van der Waals surface area contributed by atoms with E-state index in [2.05, 4.69) is 11.9 Å². The van der Waals surface area contributed by atoms with Gasteiger partial charge in [0, 0.05) is 57.4 Å². The number of thioether (sulfide) groups is 1. The van der Waals surface area contributed by atoms with Crippen molar-refractivity contribution in [2.24, 2.45) is 23.7 Å². The molecule has 0 aromatic carbocycles. The maximum absolute atomic E-state index is 13.5. The number of carbonyl (C=O) groups is 6. The minimum Gasteiger partial charge on any atom is -0.495 e. The van der Waals surface area contributed by atoms with Gasteiger partial charge in [-0.05, 0) is 101 Å². The standard InChI is InChI=1S/C60H102N2O12S/c1-48(22-15-31-49-23-7-3-8-24-49)69-44-53(45-70-55(63)35-16-32-50-25-9-4-10-26-50)73-58(66)38-19-41-62(60(68)75-43-21-40-61-2)42-20-39-59(67)74-54(46-71-56(64)36-17-33-51-27-11-5-12-28-51)47-72-57(65)37-18-34-52-29-13-6-14-30-52/h49-54,61H,1,3-47H2,2H3. The lowest BCUT2D eigenvalue weighted by molar-refractivity contribution is -0.167. The van der Waals surface area contributed by atoms with E-state index in [0.29, 0.717) is 42.1 Å². The van der Waals surface area contributed by atoms with Crippen LogP contribution in [0.4, 0.5) is 4.79 Å². The molecule has 4 aliphatic rings. The van der Waals surface area contributed by atoms with Crippen molar-refractivity contribution in [3.63, 3.8) is 0 Å². The van der Waals surface area contributed by atoms with Crippen LogP contribution in [0, 0.1) is 23.7 Å². The van der Waals surface area contributed by atoms with Crippen LogP contribution in [0.1, 0.15) is 238 Å². The van der Waals surface area contributed by atoms with E-state index in [-0.39, 0.29) is 94.8 Å². The fourth-order valence-corrected chi connectivity index (χ4v) is 12.3. The SMILES string of the molecule is C=C(CCCC1CCCCC1)OCC(COC(=O)CCCC1CCCCC1)OC(=O)CCCN(CCCC(=O)OC(COC(=O)CCCC1CCCCC1)COC(=O)CCCC1CCCCC1)C(=O)SCCCNC. The molecular weight excluding hydrogens is 973 g/mol. The third kappa shape index (κ3) is 31.6. The maximum atomic E-state index is 13.5. The van der Waals surface area contributed by atoms with E-state index in [0.717, 1.165) is 76.7 Å². The van der Waals surface area contributed by atoms with Gasteiger partial charge in [0.15, 0.2) is 12.2 Å². The number of ether oxygens (including phenoxy) is 6. The highest BCUT2D eigenvalue weighted by atomic mass is 32.2. The lowest BCUT2D eigenvalue weighted by atomic mass is 9.86. The molecular formula is C60H102N2O12S. The fourth-order valence-electron chi connectivity index (χ4n) is 11.5. The number of rotatable bonds is 39. The Hall–Kier alpha value is -3.33. The van der Waals surface area contributed by atoms with E-state index in [4.69, 9.17) is 28.4 Å². The van der Waals surface area contributed by atoms with Crippen LogP contribution in [0.15, 0.2) is 12.3 Å². The smallest absolute Gasteiger partial charge is 0.306 e. The van der Waals surface area contributed by atoms with Crippen molar-refractivity contribution in [3.05, 3.63) is 12.3 Å². The van der Waals surface area contributed by atoms with Gasteiger partial charge in [-0.15, -0.1) is 0 Å². The normalized spacial score (nSPS) is 17.5. The molecule has 0 aromatic rings. The minimum absolute atomic E-state index is 0.0185. The molecule has 430 valence electrons. The molecule has 4 aliphatic carbocycles. The Balaban J connectivity index is 1.25. The lowest BCUT2D eigenvalue weighted by Crippen LogP contribution is -2.33. The van der Waals surface area contributed by atoms with E-state index < -0.39 is 24.1 Å². The van der Waals surface area contributed by atoms with Crippen LogP contribution in [0.3, 0.4) is 0 Å². The van der Waals surface area contributed by atoms with Crippen LogP contribution in [-0.4, -0.2) is 111 Å². The Morgan fingerprint density at radius 3 is 1.15 bits per heavy atom. The molecule has 15 heteroatoms. The summed E-state index contributed by atoms with van der Waals surface area (Å²) >= 11 is 1.20. The molecule has 0 spiro atoms. The Morgan fingerprint density at radius 1 is 0.453 bits per heavy atom. The van der Waals surface area contributed by atoms with Crippen LogP contribution in [0.5, 0.6) is 0 Å². The largest absolute Gasteiger partial charge is 0.495 e. The summed E-state index contributed by atoms with van der Waals surface area (Å²) in [5, 5.41) is 2.95. The Bertz CT molecular complexity index is 1420. The van der Waals surface area contributed by atoms with E-state index in [1.807, 2.05) is 7.05 Å². The molecule has 1 atom stereocenters. The third-order valence-corrected chi connectivity index (χ3v) is 17.0.